The highest BCUT2D eigenvalue weighted by atomic mass is 16.4. The number of hydrogen-bond acceptors (Lipinski definition) is 4. The number of carboxylic acids is 2. The molecule has 0 bridgehead atoms. The Kier molecular flexibility index (Phi) is 14.2. The Morgan fingerprint density at radius 1 is 0.773 bits per heavy atom. The summed E-state index contributed by atoms with van der Waals surface area (Å²) < 4.78 is 0. The minimum atomic E-state index is -0.749. The molecule has 22 heavy (non-hydrogen) atoms. The first-order chi connectivity index (χ1) is 10.1. The summed E-state index contributed by atoms with van der Waals surface area (Å²) >= 11 is 0. The van der Waals surface area contributed by atoms with E-state index in [4.69, 9.17) is 21.7 Å². The van der Waals surface area contributed by atoms with Crippen molar-refractivity contribution in [2.45, 2.75) is 53.4 Å². The monoisotopic (exact) mass is 318 g/mol. The van der Waals surface area contributed by atoms with Gasteiger partial charge >= 0.3 is 11.9 Å². The molecule has 0 aromatic carbocycles. The average Bonchev–Trinajstić information content (AvgIpc) is 2.35. The van der Waals surface area contributed by atoms with Gasteiger partial charge in [0.15, 0.2) is 0 Å². The molecule has 0 rings (SSSR count). The summed E-state index contributed by atoms with van der Waals surface area (Å²) in [6.07, 6.45) is 2.22. The lowest BCUT2D eigenvalue weighted by Crippen LogP contribution is -2.19. The van der Waals surface area contributed by atoms with Gasteiger partial charge in [-0.1, -0.05) is 27.7 Å². The van der Waals surface area contributed by atoms with E-state index in [9.17, 15) is 9.59 Å². The van der Waals surface area contributed by atoms with Gasteiger partial charge in [0, 0.05) is 12.8 Å². The molecule has 0 aliphatic rings. The summed E-state index contributed by atoms with van der Waals surface area (Å²) in [6, 6.07) is 0. The summed E-state index contributed by atoms with van der Waals surface area (Å²) in [5, 5.41) is 16.9. The lowest BCUT2D eigenvalue weighted by Gasteiger charge is -2.13. The Balaban J connectivity index is 0. The molecule has 6 N–H and O–H groups in total. The molecule has 2 unspecified atom stereocenters. The fourth-order valence-corrected chi connectivity index (χ4v) is 2.35. The second-order valence-corrected chi connectivity index (χ2v) is 6.66. The zero-order chi connectivity index (χ0) is 17.7. The number of carbonyl (C=O) groups is 2. The Labute approximate surface area is 134 Å². The molecule has 132 valence electrons. The first-order valence-corrected chi connectivity index (χ1v) is 7.95. The molecule has 0 aromatic rings. The van der Waals surface area contributed by atoms with Crippen LogP contribution in [0.3, 0.4) is 0 Å². The third kappa shape index (κ3) is 16.9. The first-order valence-electron chi connectivity index (χ1n) is 7.95. The van der Waals surface area contributed by atoms with Crippen molar-refractivity contribution in [1.29, 1.82) is 0 Å². The molecule has 0 heterocycles. The molecule has 0 aliphatic carbocycles. The van der Waals surface area contributed by atoms with Crippen LogP contribution in [0.25, 0.3) is 0 Å². The van der Waals surface area contributed by atoms with E-state index in [-0.39, 0.29) is 24.7 Å². The maximum atomic E-state index is 10.3. The number of hydrogen-bond donors (Lipinski definition) is 4. The van der Waals surface area contributed by atoms with Crippen molar-refractivity contribution < 1.29 is 19.8 Å². The minimum absolute atomic E-state index is 0.146. The van der Waals surface area contributed by atoms with Gasteiger partial charge in [-0.15, -0.1) is 0 Å². The summed E-state index contributed by atoms with van der Waals surface area (Å²) in [5.74, 6) is -0.145. The zero-order valence-corrected chi connectivity index (χ0v) is 14.4. The van der Waals surface area contributed by atoms with E-state index in [1.54, 1.807) is 0 Å². The molecule has 0 saturated heterocycles. The van der Waals surface area contributed by atoms with Gasteiger partial charge in [-0.05, 0) is 49.6 Å². The van der Waals surface area contributed by atoms with Crippen LogP contribution in [-0.2, 0) is 9.59 Å². The Morgan fingerprint density at radius 2 is 1.05 bits per heavy atom. The summed E-state index contributed by atoms with van der Waals surface area (Å²) in [4.78, 5) is 20.6. The second kappa shape index (κ2) is 13.5. The van der Waals surface area contributed by atoms with Crippen LogP contribution in [0.2, 0.25) is 0 Å². The van der Waals surface area contributed by atoms with E-state index in [2.05, 4.69) is 27.7 Å². The van der Waals surface area contributed by atoms with Crippen LogP contribution in [0.5, 0.6) is 0 Å². The molecule has 0 spiro atoms. The van der Waals surface area contributed by atoms with Gasteiger partial charge in [-0.3, -0.25) is 9.59 Å². The number of nitrogens with two attached hydrogens (primary N) is 2. The van der Waals surface area contributed by atoms with E-state index in [0.29, 0.717) is 24.9 Å². The largest absolute Gasteiger partial charge is 0.481 e. The molecule has 6 heteroatoms. The molecule has 0 fully saturated rings. The first kappa shape index (κ1) is 23.1. The van der Waals surface area contributed by atoms with Gasteiger partial charge in [0.2, 0.25) is 0 Å². The Bertz CT molecular complexity index is 277. The molecular weight excluding hydrogens is 284 g/mol. The quantitative estimate of drug-likeness (QED) is 0.489. The number of rotatable bonds is 10. The van der Waals surface area contributed by atoms with Crippen molar-refractivity contribution in [2.24, 2.45) is 35.1 Å². The van der Waals surface area contributed by atoms with Crippen LogP contribution in [-0.4, -0.2) is 35.2 Å². The smallest absolute Gasteiger partial charge is 0.303 e. The molecule has 0 aromatic heterocycles. The van der Waals surface area contributed by atoms with E-state index in [0.717, 1.165) is 12.8 Å². The Morgan fingerprint density at radius 3 is 1.18 bits per heavy atom. The normalized spacial score (nSPS) is 13.5. The highest BCUT2D eigenvalue weighted by Gasteiger charge is 2.13. The van der Waals surface area contributed by atoms with Crippen LogP contribution in [0, 0.1) is 23.7 Å². The molecule has 0 radical (unpaired) electrons. The molecule has 0 amide bonds. The van der Waals surface area contributed by atoms with Crippen molar-refractivity contribution >= 4 is 11.9 Å². The maximum Gasteiger partial charge on any atom is 0.303 e. The fourth-order valence-electron chi connectivity index (χ4n) is 2.35. The third-order valence-corrected chi connectivity index (χ3v) is 3.20. The number of carboxylic acid groups (broad SMARTS) is 2. The average molecular weight is 318 g/mol. The van der Waals surface area contributed by atoms with Crippen LogP contribution in [0.1, 0.15) is 53.4 Å². The van der Waals surface area contributed by atoms with Gasteiger partial charge in [-0.2, -0.15) is 0 Å². The summed E-state index contributed by atoms with van der Waals surface area (Å²) in [5.41, 5.74) is 10.8. The van der Waals surface area contributed by atoms with Crippen molar-refractivity contribution in [3.8, 4) is 0 Å². The highest BCUT2D eigenvalue weighted by Crippen LogP contribution is 2.14. The van der Waals surface area contributed by atoms with Crippen LogP contribution >= 0.6 is 0 Å². The second-order valence-electron chi connectivity index (χ2n) is 6.66. The SMILES string of the molecule is CC(C)CC(CN)CC(=O)O.CC(C)CC(CN)CC(=O)O. The van der Waals surface area contributed by atoms with Crippen molar-refractivity contribution in [2.75, 3.05) is 13.1 Å². The van der Waals surface area contributed by atoms with E-state index < -0.39 is 11.9 Å². The van der Waals surface area contributed by atoms with Crippen molar-refractivity contribution in [1.82, 2.24) is 0 Å². The van der Waals surface area contributed by atoms with Crippen LogP contribution in [0.4, 0.5) is 0 Å². The molecule has 2 atom stereocenters. The standard InChI is InChI=1S/2C8H17NO2/c2*1-6(2)3-7(5-9)4-8(10)11/h2*6-7H,3-5,9H2,1-2H3,(H,10,11). The van der Waals surface area contributed by atoms with E-state index >= 15 is 0 Å². The van der Waals surface area contributed by atoms with E-state index in [1.807, 2.05) is 0 Å². The highest BCUT2D eigenvalue weighted by molar-refractivity contribution is 5.67. The van der Waals surface area contributed by atoms with Gasteiger partial charge in [0.1, 0.15) is 0 Å². The third-order valence-electron chi connectivity index (χ3n) is 3.20. The fraction of sp³-hybridized carbons (Fsp3) is 0.875. The topological polar surface area (TPSA) is 127 Å². The number of aliphatic carboxylic acids is 2. The van der Waals surface area contributed by atoms with Gasteiger partial charge < -0.3 is 21.7 Å². The summed E-state index contributed by atoms with van der Waals surface area (Å²) in [7, 11) is 0. The van der Waals surface area contributed by atoms with Gasteiger partial charge in [0.25, 0.3) is 0 Å². The van der Waals surface area contributed by atoms with Crippen molar-refractivity contribution in [3.63, 3.8) is 0 Å². The molecule has 0 saturated carbocycles. The molecular formula is C16H34N2O4. The molecule has 6 nitrogen and oxygen atoms in total. The predicted octanol–water partition coefficient (Wildman–Crippen LogP) is 2.16. The van der Waals surface area contributed by atoms with Gasteiger partial charge in [0.05, 0.1) is 0 Å². The predicted molar refractivity (Wildman–Crippen MR) is 88.5 cm³/mol. The lowest BCUT2D eigenvalue weighted by atomic mass is 9.94. The van der Waals surface area contributed by atoms with Crippen LogP contribution < -0.4 is 11.5 Å². The zero-order valence-electron chi connectivity index (χ0n) is 14.4. The maximum absolute atomic E-state index is 10.3. The minimum Gasteiger partial charge on any atom is -0.481 e. The van der Waals surface area contributed by atoms with E-state index in [1.165, 1.54) is 0 Å². The van der Waals surface area contributed by atoms with Crippen molar-refractivity contribution in [3.05, 3.63) is 0 Å². The molecule has 0 aliphatic heterocycles. The Hall–Kier alpha value is -1.14. The summed E-state index contributed by atoms with van der Waals surface area (Å²) in [6.45, 7) is 9.25. The lowest BCUT2D eigenvalue weighted by molar-refractivity contribution is -0.139. The van der Waals surface area contributed by atoms with Crippen LogP contribution in [0.15, 0.2) is 0 Å². The van der Waals surface area contributed by atoms with Gasteiger partial charge in [-0.25, -0.2) is 0 Å².